The summed E-state index contributed by atoms with van der Waals surface area (Å²) in [7, 11) is 3.27. The number of rotatable bonds is 7. The largest absolute Gasteiger partial charge is 0.497 e. The predicted octanol–water partition coefficient (Wildman–Crippen LogP) is 3.46. The van der Waals surface area contributed by atoms with Crippen molar-refractivity contribution in [1.29, 1.82) is 0 Å². The first-order valence-corrected chi connectivity index (χ1v) is 7.86. The van der Waals surface area contributed by atoms with E-state index < -0.39 is 0 Å². The summed E-state index contributed by atoms with van der Waals surface area (Å²) >= 11 is 0. The topological polar surface area (TPSA) is 47.6 Å². The van der Waals surface area contributed by atoms with Gasteiger partial charge in [-0.2, -0.15) is 0 Å². The minimum Gasteiger partial charge on any atom is -0.497 e. The quantitative estimate of drug-likeness (QED) is 0.793. The van der Waals surface area contributed by atoms with E-state index in [0.717, 1.165) is 29.0 Å². The molecule has 2 aromatic rings. The molecule has 1 atom stereocenters. The monoisotopic (exact) mass is 325 g/mol. The van der Waals surface area contributed by atoms with Crippen LogP contribution < -0.4 is 14.8 Å². The molecule has 0 aliphatic rings. The summed E-state index contributed by atoms with van der Waals surface area (Å²) in [6.07, 6.45) is 4.06. The van der Waals surface area contributed by atoms with E-state index in [1.807, 2.05) is 55.5 Å². The lowest BCUT2D eigenvalue weighted by atomic mass is 10.1. The molecule has 1 N–H and O–H groups in total. The molecule has 0 fully saturated rings. The Morgan fingerprint density at radius 3 is 2.46 bits per heavy atom. The van der Waals surface area contributed by atoms with Gasteiger partial charge in [0.1, 0.15) is 11.5 Å². The van der Waals surface area contributed by atoms with Crippen LogP contribution in [0.15, 0.2) is 54.6 Å². The maximum absolute atomic E-state index is 12.0. The molecule has 0 radical (unpaired) electrons. The number of hydrogen-bond acceptors (Lipinski definition) is 3. The fourth-order valence-corrected chi connectivity index (χ4v) is 2.41. The van der Waals surface area contributed by atoms with Crippen LogP contribution >= 0.6 is 0 Å². The molecule has 2 aromatic carbocycles. The summed E-state index contributed by atoms with van der Waals surface area (Å²) in [6.45, 7) is 1.98. The zero-order valence-corrected chi connectivity index (χ0v) is 14.3. The number of ether oxygens (including phenoxy) is 2. The molecule has 1 unspecified atom stereocenters. The normalized spacial score (nSPS) is 12.0. The van der Waals surface area contributed by atoms with E-state index in [4.69, 9.17) is 9.47 Å². The van der Waals surface area contributed by atoms with Gasteiger partial charge in [-0.05, 0) is 54.8 Å². The summed E-state index contributed by atoms with van der Waals surface area (Å²) in [5.74, 6) is 1.47. The fraction of sp³-hybridized carbons (Fsp3) is 0.250. The third-order valence-electron chi connectivity index (χ3n) is 3.59. The summed E-state index contributed by atoms with van der Waals surface area (Å²) in [6, 6.07) is 15.4. The van der Waals surface area contributed by atoms with Crippen LogP contribution in [-0.2, 0) is 11.2 Å². The summed E-state index contributed by atoms with van der Waals surface area (Å²) in [5.41, 5.74) is 2.05. The van der Waals surface area contributed by atoms with Crippen LogP contribution in [-0.4, -0.2) is 26.2 Å². The number of benzene rings is 2. The molecule has 2 rings (SSSR count). The van der Waals surface area contributed by atoms with Crippen molar-refractivity contribution in [2.75, 3.05) is 14.2 Å². The number of carbonyl (C=O) groups is 1. The highest BCUT2D eigenvalue weighted by Gasteiger charge is 2.06. The van der Waals surface area contributed by atoms with Gasteiger partial charge in [-0.25, -0.2) is 0 Å². The number of hydrogen-bond donors (Lipinski definition) is 1. The first-order valence-electron chi connectivity index (χ1n) is 7.86. The van der Waals surface area contributed by atoms with Crippen molar-refractivity contribution in [3.8, 4) is 11.5 Å². The Kier molecular flexibility index (Phi) is 6.43. The van der Waals surface area contributed by atoms with Gasteiger partial charge in [-0.15, -0.1) is 0 Å². The Hall–Kier alpha value is -2.75. The van der Waals surface area contributed by atoms with E-state index in [1.165, 1.54) is 6.08 Å². The molecule has 0 saturated heterocycles. The number of carbonyl (C=O) groups excluding carboxylic acids is 1. The summed E-state index contributed by atoms with van der Waals surface area (Å²) in [4.78, 5) is 12.0. The van der Waals surface area contributed by atoms with E-state index in [9.17, 15) is 4.79 Å². The maximum atomic E-state index is 12.0. The lowest BCUT2D eigenvalue weighted by Gasteiger charge is -2.13. The van der Waals surface area contributed by atoms with Crippen LogP contribution in [0.2, 0.25) is 0 Å². The van der Waals surface area contributed by atoms with Crippen LogP contribution in [0, 0.1) is 0 Å². The van der Waals surface area contributed by atoms with Gasteiger partial charge >= 0.3 is 0 Å². The first-order chi connectivity index (χ1) is 11.6. The van der Waals surface area contributed by atoms with E-state index in [2.05, 4.69) is 5.32 Å². The van der Waals surface area contributed by atoms with Gasteiger partial charge in [0.05, 0.1) is 14.2 Å². The van der Waals surface area contributed by atoms with Crippen molar-refractivity contribution in [2.45, 2.75) is 19.4 Å². The molecule has 0 saturated carbocycles. The molecule has 0 aliphatic heterocycles. The Labute approximate surface area is 143 Å². The standard InChI is InChI=1S/C20H23NO3/c1-15(12-17-7-5-9-19(14-17)24-3)21-20(22)11-10-16-6-4-8-18(13-16)23-2/h4-11,13-15H,12H2,1-3H3,(H,21,22)/b11-10+. The van der Waals surface area contributed by atoms with Crippen molar-refractivity contribution in [1.82, 2.24) is 5.32 Å². The molecule has 4 heteroatoms. The van der Waals surface area contributed by atoms with Crippen LogP contribution in [0.1, 0.15) is 18.1 Å². The van der Waals surface area contributed by atoms with E-state index >= 15 is 0 Å². The zero-order valence-electron chi connectivity index (χ0n) is 14.3. The average Bonchev–Trinajstić information content (AvgIpc) is 2.60. The molecular formula is C20H23NO3. The smallest absolute Gasteiger partial charge is 0.244 e. The van der Waals surface area contributed by atoms with Crippen molar-refractivity contribution < 1.29 is 14.3 Å². The van der Waals surface area contributed by atoms with E-state index in [1.54, 1.807) is 20.3 Å². The molecule has 0 spiro atoms. The van der Waals surface area contributed by atoms with Crippen LogP contribution in [0.4, 0.5) is 0 Å². The van der Waals surface area contributed by atoms with Crippen LogP contribution in [0.25, 0.3) is 6.08 Å². The van der Waals surface area contributed by atoms with Gasteiger partial charge in [0.15, 0.2) is 0 Å². The molecule has 24 heavy (non-hydrogen) atoms. The maximum Gasteiger partial charge on any atom is 0.244 e. The second-order valence-electron chi connectivity index (χ2n) is 5.58. The molecule has 0 aliphatic carbocycles. The molecule has 0 heterocycles. The Balaban J connectivity index is 1.89. The lowest BCUT2D eigenvalue weighted by Crippen LogP contribution is -2.32. The van der Waals surface area contributed by atoms with Crippen molar-refractivity contribution in [3.63, 3.8) is 0 Å². The highest BCUT2D eigenvalue weighted by atomic mass is 16.5. The van der Waals surface area contributed by atoms with Gasteiger partial charge in [-0.3, -0.25) is 4.79 Å². The predicted molar refractivity (Wildman–Crippen MR) is 96.3 cm³/mol. The average molecular weight is 325 g/mol. The number of methoxy groups -OCH3 is 2. The van der Waals surface area contributed by atoms with Crippen molar-refractivity contribution in [2.24, 2.45) is 0 Å². The van der Waals surface area contributed by atoms with Gasteiger partial charge in [-0.1, -0.05) is 24.3 Å². The lowest BCUT2D eigenvalue weighted by molar-refractivity contribution is -0.117. The minimum absolute atomic E-state index is 0.0274. The van der Waals surface area contributed by atoms with Crippen LogP contribution in [0.5, 0.6) is 11.5 Å². The number of amides is 1. The highest BCUT2D eigenvalue weighted by molar-refractivity contribution is 5.91. The Bertz CT molecular complexity index is 710. The fourth-order valence-electron chi connectivity index (χ4n) is 2.41. The van der Waals surface area contributed by atoms with E-state index in [0.29, 0.717) is 0 Å². The third-order valence-corrected chi connectivity index (χ3v) is 3.59. The van der Waals surface area contributed by atoms with E-state index in [-0.39, 0.29) is 11.9 Å². The summed E-state index contributed by atoms with van der Waals surface area (Å²) in [5, 5.41) is 2.97. The molecular weight excluding hydrogens is 302 g/mol. The van der Waals surface area contributed by atoms with Crippen LogP contribution in [0.3, 0.4) is 0 Å². The van der Waals surface area contributed by atoms with Crippen molar-refractivity contribution in [3.05, 3.63) is 65.7 Å². The minimum atomic E-state index is -0.117. The summed E-state index contributed by atoms with van der Waals surface area (Å²) < 4.78 is 10.4. The molecule has 126 valence electrons. The van der Waals surface area contributed by atoms with Gasteiger partial charge in [0, 0.05) is 12.1 Å². The van der Waals surface area contributed by atoms with Crippen molar-refractivity contribution >= 4 is 12.0 Å². The third kappa shape index (κ3) is 5.47. The zero-order chi connectivity index (χ0) is 17.4. The SMILES string of the molecule is COc1cccc(/C=C/C(=O)NC(C)Cc2cccc(OC)c2)c1. The molecule has 0 aromatic heterocycles. The number of nitrogens with one attached hydrogen (secondary N) is 1. The Morgan fingerprint density at radius 2 is 1.75 bits per heavy atom. The molecule has 4 nitrogen and oxygen atoms in total. The molecule has 1 amide bonds. The van der Waals surface area contributed by atoms with Gasteiger partial charge in [0.2, 0.25) is 5.91 Å². The van der Waals surface area contributed by atoms with Gasteiger partial charge in [0.25, 0.3) is 0 Å². The second kappa shape index (κ2) is 8.77. The van der Waals surface area contributed by atoms with Gasteiger partial charge < -0.3 is 14.8 Å². The Morgan fingerprint density at radius 1 is 1.08 bits per heavy atom. The first kappa shape index (κ1) is 17.6. The second-order valence-corrected chi connectivity index (χ2v) is 5.58. The highest BCUT2D eigenvalue weighted by Crippen LogP contribution is 2.15. The molecule has 0 bridgehead atoms.